The summed E-state index contributed by atoms with van der Waals surface area (Å²) >= 11 is 0. The second kappa shape index (κ2) is 7.46. The van der Waals surface area contributed by atoms with Gasteiger partial charge in [-0.1, -0.05) is 30.3 Å². The number of carbonyl (C=O) groups is 1. The third-order valence-electron chi connectivity index (χ3n) is 5.58. The van der Waals surface area contributed by atoms with Crippen LogP contribution in [0.1, 0.15) is 34.2 Å². The first kappa shape index (κ1) is 18.6. The van der Waals surface area contributed by atoms with Crippen molar-refractivity contribution in [2.75, 3.05) is 13.3 Å². The number of nitrogens with zero attached hydrogens (tertiary/aromatic N) is 1. The number of aryl methyl sites for hydroxylation is 1. The summed E-state index contributed by atoms with van der Waals surface area (Å²) in [6.07, 6.45) is 3.65. The van der Waals surface area contributed by atoms with E-state index in [0.29, 0.717) is 24.7 Å². The predicted octanol–water partition coefficient (Wildman–Crippen LogP) is 3.40. The van der Waals surface area contributed by atoms with Crippen molar-refractivity contribution in [3.63, 3.8) is 0 Å². The highest BCUT2D eigenvalue weighted by Crippen LogP contribution is 2.42. The van der Waals surface area contributed by atoms with E-state index in [4.69, 9.17) is 13.9 Å². The van der Waals surface area contributed by atoms with Crippen LogP contribution in [0.2, 0.25) is 0 Å². The Bertz CT molecular complexity index is 1250. The molecule has 5 rings (SSSR count). The van der Waals surface area contributed by atoms with Crippen LogP contribution in [0.5, 0.6) is 5.75 Å². The van der Waals surface area contributed by atoms with Gasteiger partial charge in [-0.05, 0) is 19.9 Å². The van der Waals surface area contributed by atoms with Gasteiger partial charge in [0.1, 0.15) is 35.7 Å². The molecule has 4 aromatic rings. The molecule has 1 aliphatic rings. The van der Waals surface area contributed by atoms with Crippen LogP contribution in [0.25, 0.3) is 21.7 Å². The number of furan rings is 1. The Morgan fingerprint density at radius 3 is 2.80 bits per heavy atom. The number of hydrogen-bond donors (Lipinski definition) is 1. The Hall–Kier alpha value is -3.38. The number of hydrogen-bond acceptors (Lipinski definition) is 5. The average molecular weight is 403 g/mol. The molecule has 1 N–H and O–H groups in total. The molecule has 1 aliphatic heterocycles. The highest BCUT2D eigenvalue weighted by molar-refractivity contribution is 6.16. The number of ether oxygens (including phenoxy) is 2. The molecule has 6 heteroatoms. The minimum absolute atomic E-state index is 0.315. The van der Waals surface area contributed by atoms with Crippen LogP contribution in [0.3, 0.4) is 0 Å². The molecule has 6 nitrogen and oxygen atoms in total. The van der Waals surface area contributed by atoms with Crippen molar-refractivity contribution in [2.45, 2.75) is 26.9 Å². The number of nitrogens with one attached hydrogen (secondary N) is 1. The summed E-state index contributed by atoms with van der Waals surface area (Å²) < 4.78 is 17.8. The fraction of sp³-hybridized carbons (Fsp3) is 0.250. The SMILES string of the molecule is CCOC(=O)c1c(C)oc2c1c1c(c3ccccc32)OC[NH+](Cc2cccnc2)C1. The van der Waals surface area contributed by atoms with Gasteiger partial charge in [0, 0.05) is 34.1 Å². The number of quaternary nitrogens is 1. The van der Waals surface area contributed by atoms with Crippen molar-refractivity contribution in [2.24, 2.45) is 0 Å². The Labute approximate surface area is 174 Å². The van der Waals surface area contributed by atoms with Crippen molar-refractivity contribution >= 4 is 27.7 Å². The molecular weight excluding hydrogens is 380 g/mol. The largest absolute Gasteiger partial charge is 0.462 e. The fourth-order valence-electron chi connectivity index (χ4n) is 4.34. The second-order valence-electron chi connectivity index (χ2n) is 7.56. The minimum atomic E-state index is -0.356. The molecule has 0 bridgehead atoms. The Kier molecular flexibility index (Phi) is 4.64. The van der Waals surface area contributed by atoms with E-state index in [2.05, 4.69) is 11.1 Å². The van der Waals surface area contributed by atoms with Gasteiger partial charge in [0.15, 0.2) is 0 Å². The lowest BCUT2D eigenvalue weighted by Crippen LogP contribution is -3.10. The van der Waals surface area contributed by atoms with Crippen LogP contribution in [-0.4, -0.2) is 24.3 Å². The highest BCUT2D eigenvalue weighted by atomic mass is 16.5. The number of benzene rings is 2. The van der Waals surface area contributed by atoms with Gasteiger partial charge in [0.25, 0.3) is 0 Å². The topological polar surface area (TPSA) is 66.0 Å². The summed E-state index contributed by atoms with van der Waals surface area (Å²) in [6, 6.07) is 12.0. The average Bonchev–Trinajstić information content (AvgIpc) is 3.12. The monoisotopic (exact) mass is 403 g/mol. The van der Waals surface area contributed by atoms with Gasteiger partial charge in [-0.25, -0.2) is 4.79 Å². The molecular formula is C24H23N2O4+. The molecule has 30 heavy (non-hydrogen) atoms. The van der Waals surface area contributed by atoms with Gasteiger partial charge in [0.2, 0.25) is 6.73 Å². The summed E-state index contributed by atoms with van der Waals surface area (Å²) in [5.74, 6) is 1.05. The lowest BCUT2D eigenvalue weighted by molar-refractivity contribution is -0.945. The van der Waals surface area contributed by atoms with Crippen molar-refractivity contribution < 1.29 is 23.6 Å². The van der Waals surface area contributed by atoms with Crippen molar-refractivity contribution in [1.29, 1.82) is 0 Å². The zero-order valence-electron chi connectivity index (χ0n) is 17.0. The zero-order chi connectivity index (χ0) is 20.7. The normalized spacial score (nSPS) is 15.7. The van der Waals surface area contributed by atoms with Crippen LogP contribution in [0.4, 0.5) is 0 Å². The molecule has 0 fully saturated rings. The first-order chi connectivity index (χ1) is 14.7. The maximum Gasteiger partial charge on any atom is 0.342 e. The number of rotatable bonds is 4. The molecule has 2 aromatic carbocycles. The van der Waals surface area contributed by atoms with E-state index >= 15 is 0 Å². The molecule has 0 saturated heterocycles. The molecule has 0 saturated carbocycles. The zero-order valence-corrected chi connectivity index (χ0v) is 17.0. The Morgan fingerprint density at radius 1 is 1.20 bits per heavy atom. The van der Waals surface area contributed by atoms with E-state index in [-0.39, 0.29) is 5.97 Å². The van der Waals surface area contributed by atoms with Crippen LogP contribution in [0.15, 0.2) is 53.2 Å². The van der Waals surface area contributed by atoms with Crippen molar-refractivity contribution in [3.05, 3.63) is 71.2 Å². The Morgan fingerprint density at radius 2 is 2.03 bits per heavy atom. The van der Waals surface area contributed by atoms with E-state index in [0.717, 1.165) is 51.7 Å². The third kappa shape index (κ3) is 3.00. The number of fused-ring (bicyclic) bond motifs is 6. The van der Waals surface area contributed by atoms with Gasteiger partial charge in [-0.15, -0.1) is 0 Å². The van der Waals surface area contributed by atoms with E-state index in [1.165, 1.54) is 4.90 Å². The Balaban J connectivity index is 1.70. The van der Waals surface area contributed by atoms with Crippen LogP contribution >= 0.6 is 0 Å². The molecule has 0 spiro atoms. The molecule has 1 unspecified atom stereocenters. The maximum atomic E-state index is 12.8. The molecule has 152 valence electrons. The van der Waals surface area contributed by atoms with Gasteiger partial charge < -0.3 is 13.9 Å². The van der Waals surface area contributed by atoms with Gasteiger partial charge >= 0.3 is 5.97 Å². The highest BCUT2D eigenvalue weighted by Gasteiger charge is 2.32. The van der Waals surface area contributed by atoms with Crippen LogP contribution in [-0.2, 0) is 17.8 Å². The van der Waals surface area contributed by atoms with Gasteiger partial charge in [-0.2, -0.15) is 0 Å². The minimum Gasteiger partial charge on any atom is -0.462 e. The summed E-state index contributed by atoms with van der Waals surface area (Å²) in [6.45, 7) is 5.99. The first-order valence-corrected chi connectivity index (χ1v) is 10.2. The lowest BCUT2D eigenvalue weighted by atomic mass is 9.96. The van der Waals surface area contributed by atoms with E-state index < -0.39 is 0 Å². The van der Waals surface area contributed by atoms with Crippen LogP contribution < -0.4 is 9.64 Å². The number of carbonyl (C=O) groups excluding carboxylic acids is 1. The molecule has 0 aliphatic carbocycles. The summed E-state index contributed by atoms with van der Waals surface area (Å²) in [7, 11) is 0. The van der Waals surface area contributed by atoms with Crippen LogP contribution in [0, 0.1) is 6.92 Å². The molecule has 3 heterocycles. The first-order valence-electron chi connectivity index (χ1n) is 10.2. The maximum absolute atomic E-state index is 12.8. The summed E-state index contributed by atoms with van der Waals surface area (Å²) in [5.41, 5.74) is 3.36. The van der Waals surface area contributed by atoms with Crippen molar-refractivity contribution in [1.82, 2.24) is 4.98 Å². The van der Waals surface area contributed by atoms with Gasteiger partial charge in [0.05, 0.1) is 12.2 Å². The standard InChI is InChI=1S/C24H22N2O4/c1-3-28-24(27)20-15(2)30-23-18-9-5-4-8-17(18)22-19(21(20)23)13-26(14-29-22)12-16-7-6-10-25-11-16/h4-11H,3,12-14H2,1-2H3/p+1. The molecule has 0 radical (unpaired) electrons. The van der Waals surface area contributed by atoms with E-state index in [1.807, 2.05) is 50.4 Å². The smallest absolute Gasteiger partial charge is 0.342 e. The lowest BCUT2D eigenvalue weighted by Gasteiger charge is -2.27. The molecule has 2 aromatic heterocycles. The second-order valence-corrected chi connectivity index (χ2v) is 7.56. The number of aromatic nitrogens is 1. The summed E-state index contributed by atoms with van der Waals surface area (Å²) in [5, 5.41) is 2.76. The van der Waals surface area contributed by atoms with E-state index in [9.17, 15) is 4.79 Å². The quantitative estimate of drug-likeness (QED) is 0.529. The third-order valence-corrected chi connectivity index (χ3v) is 5.58. The number of esters is 1. The molecule has 0 amide bonds. The van der Waals surface area contributed by atoms with Gasteiger partial charge in [-0.3, -0.25) is 9.88 Å². The van der Waals surface area contributed by atoms with Crippen molar-refractivity contribution in [3.8, 4) is 5.75 Å². The number of pyridine rings is 1. The summed E-state index contributed by atoms with van der Waals surface area (Å²) in [4.78, 5) is 18.2. The fourth-order valence-corrected chi connectivity index (χ4v) is 4.34. The predicted molar refractivity (Wildman–Crippen MR) is 113 cm³/mol. The molecule has 1 atom stereocenters. The van der Waals surface area contributed by atoms with E-state index in [1.54, 1.807) is 6.20 Å².